The minimum atomic E-state index is -0.309. The predicted molar refractivity (Wildman–Crippen MR) is 99.7 cm³/mol. The van der Waals surface area contributed by atoms with E-state index in [1.807, 2.05) is 25.1 Å². The standard InChI is InChI=1S/C19H28N4O2/c1-4-15-12-22(9-10-23(15)11-13(2)24)14(3)18-20-17-8-6-5-7-16(17)19(25)21-18/h5-8,13-15,24H,4,9-12H2,1-3H3,(H,20,21,25)/t13-,14-,15+/m0/s1. The van der Waals surface area contributed by atoms with Crippen molar-refractivity contribution in [2.75, 3.05) is 26.2 Å². The van der Waals surface area contributed by atoms with Crippen LogP contribution in [0, 0.1) is 0 Å². The van der Waals surface area contributed by atoms with Gasteiger partial charge in [-0.2, -0.15) is 0 Å². The lowest BCUT2D eigenvalue weighted by molar-refractivity contribution is 0.0209. The van der Waals surface area contributed by atoms with Gasteiger partial charge in [-0.05, 0) is 32.4 Å². The van der Waals surface area contributed by atoms with Crippen LogP contribution in [0.1, 0.15) is 39.1 Å². The van der Waals surface area contributed by atoms with Gasteiger partial charge in [-0.3, -0.25) is 14.6 Å². The first-order valence-corrected chi connectivity index (χ1v) is 9.14. The van der Waals surface area contributed by atoms with Gasteiger partial charge in [0.1, 0.15) is 5.82 Å². The number of fused-ring (bicyclic) bond motifs is 1. The second kappa shape index (κ2) is 7.64. The van der Waals surface area contributed by atoms with Crippen LogP contribution in [0.3, 0.4) is 0 Å². The van der Waals surface area contributed by atoms with Gasteiger partial charge in [0.2, 0.25) is 0 Å². The maximum Gasteiger partial charge on any atom is 0.258 e. The molecule has 3 rings (SSSR count). The van der Waals surface area contributed by atoms with Crippen molar-refractivity contribution in [3.05, 3.63) is 40.4 Å². The summed E-state index contributed by atoms with van der Waals surface area (Å²) in [5.41, 5.74) is 0.667. The minimum Gasteiger partial charge on any atom is -0.392 e. The van der Waals surface area contributed by atoms with Crippen LogP contribution in [-0.4, -0.2) is 63.2 Å². The van der Waals surface area contributed by atoms with Crippen molar-refractivity contribution in [3.8, 4) is 0 Å². The first kappa shape index (κ1) is 18.0. The zero-order valence-electron chi connectivity index (χ0n) is 15.3. The highest BCUT2D eigenvalue weighted by atomic mass is 16.3. The fraction of sp³-hybridized carbons (Fsp3) is 0.579. The van der Waals surface area contributed by atoms with Crippen LogP contribution < -0.4 is 5.56 Å². The second-order valence-corrected chi connectivity index (χ2v) is 7.05. The van der Waals surface area contributed by atoms with Gasteiger partial charge in [0.25, 0.3) is 5.56 Å². The molecule has 0 aliphatic carbocycles. The van der Waals surface area contributed by atoms with Crippen LogP contribution in [-0.2, 0) is 0 Å². The Kier molecular flexibility index (Phi) is 5.51. The number of aromatic nitrogens is 2. The first-order chi connectivity index (χ1) is 12.0. The molecule has 2 aromatic rings. The topological polar surface area (TPSA) is 72.5 Å². The van der Waals surface area contributed by atoms with Crippen LogP contribution in [0.4, 0.5) is 0 Å². The molecule has 1 saturated heterocycles. The number of benzene rings is 1. The van der Waals surface area contributed by atoms with Gasteiger partial charge in [-0.25, -0.2) is 4.98 Å². The highest BCUT2D eigenvalue weighted by Gasteiger charge is 2.30. The third-order valence-electron chi connectivity index (χ3n) is 5.18. The average molecular weight is 344 g/mol. The summed E-state index contributed by atoms with van der Waals surface area (Å²) in [5, 5.41) is 10.3. The van der Waals surface area contributed by atoms with Gasteiger partial charge in [0, 0.05) is 32.2 Å². The third kappa shape index (κ3) is 3.92. The zero-order chi connectivity index (χ0) is 18.0. The van der Waals surface area contributed by atoms with E-state index in [9.17, 15) is 9.90 Å². The molecule has 1 aromatic heterocycles. The van der Waals surface area contributed by atoms with E-state index in [0.29, 0.717) is 18.0 Å². The molecule has 6 nitrogen and oxygen atoms in total. The summed E-state index contributed by atoms with van der Waals surface area (Å²) in [6, 6.07) is 7.92. The van der Waals surface area contributed by atoms with E-state index in [-0.39, 0.29) is 17.7 Å². The molecule has 3 atom stereocenters. The lowest BCUT2D eigenvalue weighted by Gasteiger charge is -2.43. The minimum absolute atomic E-state index is 0.0556. The smallest absolute Gasteiger partial charge is 0.258 e. The Balaban J connectivity index is 1.79. The molecule has 1 fully saturated rings. The van der Waals surface area contributed by atoms with E-state index in [1.54, 1.807) is 6.07 Å². The van der Waals surface area contributed by atoms with E-state index in [2.05, 4.69) is 33.6 Å². The monoisotopic (exact) mass is 344 g/mol. The van der Waals surface area contributed by atoms with Crippen molar-refractivity contribution < 1.29 is 5.11 Å². The molecule has 0 amide bonds. The number of nitrogens with one attached hydrogen (secondary N) is 1. The van der Waals surface area contributed by atoms with Crippen molar-refractivity contribution in [2.24, 2.45) is 0 Å². The number of rotatable bonds is 5. The SMILES string of the molecule is CC[C@@H]1CN([C@@H](C)c2nc3ccccc3c(=O)[nH]2)CCN1C[C@H](C)O. The van der Waals surface area contributed by atoms with Gasteiger partial charge in [-0.15, -0.1) is 0 Å². The lowest BCUT2D eigenvalue weighted by Crippen LogP contribution is -2.55. The highest BCUT2D eigenvalue weighted by Crippen LogP contribution is 2.23. The summed E-state index contributed by atoms with van der Waals surface area (Å²) in [7, 11) is 0. The van der Waals surface area contributed by atoms with E-state index in [1.165, 1.54) is 0 Å². The zero-order valence-corrected chi connectivity index (χ0v) is 15.3. The molecule has 0 radical (unpaired) electrons. The Morgan fingerprint density at radius 3 is 2.80 bits per heavy atom. The number of para-hydroxylation sites is 1. The molecule has 1 aliphatic rings. The van der Waals surface area contributed by atoms with Crippen LogP contribution in [0.25, 0.3) is 10.9 Å². The number of piperazine rings is 1. The summed E-state index contributed by atoms with van der Waals surface area (Å²) < 4.78 is 0. The number of hydrogen-bond donors (Lipinski definition) is 2. The summed E-state index contributed by atoms with van der Waals surface area (Å²) in [6.45, 7) is 9.58. The molecule has 0 spiro atoms. The quantitative estimate of drug-likeness (QED) is 0.865. The number of aromatic amines is 1. The van der Waals surface area contributed by atoms with E-state index in [4.69, 9.17) is 0 Å². The normalized spacial score (nSPS) is 22.2. The van der Waals surface area contributed by atoms with Gasteiger partial charge >= 0.3 is 0 Å². The summed E-state index contributed by atoms with van der Waals surface area (Å²) in [6.07, 6.45) is 0.731. The molecule has 25 heavy (non-hydrogen) atoms. The number of H-pyrrole nitrogens is 1. The fourth-order valence-electron chi connectivity index (χ4n) is 3.71. The van der Waals surface area contributed by atoms with Crippen LogP contribution in [0.15, 0.2) is 29.1 Å². The number of β-amino-alcohol motifs (C(OH)–C–C–N with tert-alkyl or cyclic N) is 1. The largest absolute Gasteiger partial charge is 0.392 e. The third-order valence-corrected chi connectivity index (χ3v) is 5.18. The summed E-state index contributed by atoms with van der Waals surface area (Å²) >= 11 is 0. The molecule has 1 aromatic carbocycles. The Morgan fingerprint density at radius 2 is 2.08 bits per heavy atom. The number of aliphatic hydroxyl groups is 1. The molecular formula is C19H28N4O2. The lowest BCUT2D eigenvalue weighted by atomic mass is 10.1. The Bertz CT molecular complexity index is 773. The van der Waals surface area contributed by atoms with E-state index in [0.717, 1.165) is 37.4 Å². The first-order valence-electron chi connectivity index (χ1n) is 9.14. The van der Waals surface area contributed by atoms with E-state index >= 15 is 0 Å². The van der Waals surface area contributed by atoms with Gasteiger partial charge in [0.15, 0.2) is 0 Å². The van der Waals surface area contributed by atoms with Gasteiger partial charge < -0.3 is 10.1 Å². The van der Waals surface area contributed by atoms with Crippen molar-refractivity contribution >= 4 is 10.9 Å². The molecule has 136 valence electrons. The van der Waals surface area contributed by atoms with Gasteiger partial charge in [0.05, 0.1) is 23.0 Å². The number of aliphatic hydroxyl groups excluding tert-OH is 1. The second-order valence-electron chi connectivity index (χ2n) is 7.05. The van der Waals surface area contributed by atoms with Crippen LogP contribution in [0.5, 0.6) is 0 Å². The molecule has 0 saturated carbocycles. The maximum absolute atomic E-state index is 12.3. The number of nitrogens with zero attached hydrogens (tertiary/aromatic N) is 3. The summed E-state index contributed by atoms with van der Waals surface area (Å²) in [4.78, 5) is 24.7. The molecule has 0 bridgehead atoms. The van der Waals surface area contributed by atoms with Crippen molar-refractivity contribution in [3.63, 3.8) is 0 Å². The molecule has 0 unspecified atom stereocenters. The van der Waals surface area contributed by atoms with Crippen molar-refractivity contribution in [1.82, 2.24) is 19.8 Å². The molecule has 2 N–H and O–H groups in total. The summed E-state index contributed by atoms with van der Waals surface area (Å²) in [5.74, 6) is 0.725. The van der Waals surface area contributed by atoms with Gasteiger partial charge in [-0.1, -0.05) is 19.1 Å². The molecule has 1 aliphatic heterocycles. The van der Waals surface area contributed by atoms with Crippen molar-refractivity contribution in [2.45, 2.75) is 45.4 Å². The Hall–Kier alpha value is -1.76. The fourth-order valence-corrected chi connectivity index (χ4v) is 3.71. The maximum atomic E-state index is 12.3. The van der Waals surface area contributed by atoms with Crippen LogP contribution >= 0.6 is 0 Å². The van der Waals surface area contributed by atoms with E-state index < -0.39 is 0 Å². The van der Waals surface area contributed by atoms with Crippen molar-refractivity contribution in [1.29, 1.82) is 0 Å². The number of hydrogen-bond acceptors (Lipinski definition) is 5. The Morgan fingerprint density at radius 1 is 1.32 bits per heavy atom. The predicted octanol–water partition coefficient (Wildman–Crippen LogP) is 1.76. The molecule has 2 heterocycles. The van der Waals surface area contributed by atoms with Crippen LogP contribution in [0.2, 0.25) is 0 Å². The average Bonchev–Trinajstić information content (AvgIpc) is 2.61. The Labute approximate surface area is 148 Å². The highest BCUT2D eigenvalue weighted by molar-refractivity contribution is 5.77. The molecule has 6 heteroatoms. The molecular weight excluding hydrogens is 316 g/mol.